The number of aryl methyl sites for hydroxylation is 2. The third kappa shape index (κ3) is 6.09. The van der Waals surface area contributed by atoms with E-state index in [-0.39, 0.29) is 5.91 Å². The molecule has 2 aliphatic rings. The van der Waals surface area contributed by atoms with E-state index in [9.17, 15) is 18.0 Å². The van der Waals surface area contributed by atoms with Crippen LogP contribution >= 0.6 is 0 Å². The highest BCUT2D eigenvalue weighted by Gasteiger charge is 2.38. The van der Waals surface area contributed by atoms with Gasteiger partial charge in [-0.2, -0.15) is 13.2 Å². The van der Waals surface area contributed by atoms with Gasteiger partial charge in [0.15, 0.2) is 0 Å². The van der Waals surface area contributed by atoms with Crippen LogP contribution in [0.5, 0.6) is 0 Å². The van der Waals surface area contributed by atoms with Crippen LogP contribution in [0, 0.1) is 6.92 Å². The molecule has 0 unspecified atom stereocenters. The first kappa shape index (κ1) is 23.8. The van der Waals surface area contributed by atoms with Crippen LogP contribution in [-0.4, -0.2) is 62.1 Å². The molecular formula is C22H27F3N4O3. The second-order valence-corrected chi connectivity index (χ2v) is 8.06. The number of hydrogen-bond donors (Lipinski definition) is 1. The monoisotopic (exact) mass is 452 g/mol. The number of rotatable bonds is 3. The average molecular weight is 452 g/mol. The number of hydrogen-bond acceptors (Lipinski definition) is 4. The number of carbonyl (C=O) groups is 2. The zero-order valence-electron chi connectivity index (χ0n) is 17.9. The molecule has 0 atom stereocenters. The number of aliphatic carboxylic acids is 1. The SMILES string of the molecule is Cc1ccc(C(=O)N2CCCn3cnc(CN4CCCC4)c3C2)cc1.O=C(O)C(F)(F)F. The summed E-state index contributed by atoms with van der Waals surface area (Å²) in [6.45, 7) is 7.70. The normalized spacial score (nSPS) is 16.7. The molecule has 1 fully saturated rings. The second-order valence-electron chi connectivity index (χ2n) is 8.06. The molecule has 10 heteroatoms. The highest BCUT2D eigenvalue weighted by Crippen LogP contribution is 2.21. The van der Waals surface area contributed by atoms with E-state index in [1.807, 2.05) is 42.4 Å². The summed E-state index contributed by atoms with van der Waals surface area (Å²) in [4.78, 5) is 31.0. The van der Waals surface area contributed by atoms with Crippen LogP contribution in [0.4, 0.5) is 13.2 Å². The molecule has 2 aromatic rings. The van der Waals surface area contributed by atoms with Crippen molar-refractivity contribution in [1.82, 2.24) is 19.4 Å². The minimum atomic E-state index is -5.08. The van der Waals surface area contributed by atoms with Gasteiger partial charge in [0, 0.05) is 25.2 Å². The molecule has 174 valence electrons. The van der Waals surface area contributed by atoms with Gasteiger partial charge in [-0.15, -0.1) is 0 Å². The van der Waals surface area contributed by atoms with Crippen LogP contribution in [0.1, 0.15) is 46.6 Å². The Kier molecular flexibility index (Phi) is 7.55. The Balaban J connectivity index is 0.000000360. The van der Waals surface area contributed by atoms with E-state index in [4.69, 9.17) is 9.90 Å². The van der Waals surface area contributed by atoms with Crippen LogP contribution in [-0.2, 0) is 24.4 Å². The molecule has 0 saturated carbocycles. The van der Waals surface area contributed by atoms with Crippen molar-refractivity contribution in [2.75, 3.05) is 19.6 Å². The number of benzene rings is 1. The molecule has 1 aromatic carbocycles. The smallest absolute Gasteiger partial charge is 0.475 e. The van der Waals surface area contributed by atoms with Gasteiger partial charge in [0.05, 0.1) is 24.3 Å². The molecule has 3 heterocycles. The lowest BCUT2D eigenvalue weighted by molar-refractivity contribution is -0.192. The first-order valence-electron chi connectivity index (χ1n) is 10.6. The largest absolute Gasteiger partial charge is 0.490 e. The van der Waals surface area contributed by atoms with Crippen LogP contribution < -0.4 is 0 Å². The van der Waals surface area contributed by atoms with Gasteiger partial charge in [-0.1, -0.05) is 17.7 Å². The highest BCUT2D eigenvalue weighted by molar-refractivity contribution is 5.94. The first-order valence-corrected chi connectivity index (χ1v) is 10.6. The molecule has 0 radical (unpaired) electrons. The quantitative estimate of drug-likeness (QED) is 0.772. The maximum Gasteiger partial charge on any atom is 0.490 e. The van der Waals surface area contributed by atoms with Gasteiger partial charge in [0.1, 0.15) is 0 Å². The molecule has 0 spiro atoms. The predicted octanol–water partition coefficient (Wildman–Crippen LogP) is 3.47. The third-order valence-electron chi connectivity index (χ3n) is 5.60. The van der Waals surface area contributed by atoms with E-state index < -0.39 is 12.1 Å². The van der Waals surface area contributed by atoms with Gasteiger partial charge >= 0.3 is 12.1 Å². The van der Waals surface area contributed by atoms with E-state index in [1.165, 1.54) is 24.1 Å². The Morgan fingerprint density at radius 1 is 1.03 bits per heavy atom. The van der Waals surface area contributed by atoms with Gasteiger partial charge < -0.3 is 14.6 Å². The molecule has 1 aromatic heterocycles. The summed E-state index contributed by atoms with van der Waals surface area (Å²) in [6, 6.07) is 7.89. The lowest BCUT2D eigenvalue weighted by atomic mass is 10.1. The van der Waals surface area contributed by atoms with Crippen molar-refractivity contribution < 1.29 is 27.9 Å². The Labute approximate surface area is 184 Å². The summed E-state index contributed by atoms with van der Waals surface area (Å²) in [5.41, 5.74) is 4.31. The van der Waals surface area contributed by atoms with Crippen molar-refractivity contribution in [3.63, 3.8) is 0 Å². The molecule has 1 N–H and O–H groups in total. The molecule has 1 saturated heterocycles. The Morgan fingerprint density at radius 2 is 1.66 bits per heavy atom. The fraction of sp³-hybridized carbons (Fsp3) is 0.500. The lowest BCUT2D eigenvalue weighted by Gasteiger charge is -2.21. The van der Waals surface area contributed by atoms with Crippen molar-refractivity contribution in [3.05, 3.63) is 53.1 Å². The molecular weight excluding hydrogens is 425 g/mol. The van der Waals surface area contributed by atoms with Crippen LogP contribution in [0.3, 0.4) is 0 Å². The number of carbonyl (C=O) groups excluding carboxylic acids is 1. The number of imidazole rings is 1. The molecule has 1 amide bonds. The minimum Gasteiger partial charge on any atom is -0.475 e. The summed E-state index contributed by atoms with van der Waals surface area (Å²) in [7, 11) is 0. The van der Waals surface area contributed by atoms with Crippen molar-refractivity contribution in [1.29, 1.82) is 0 Å². The molecule has 0 bridgehead atoms. The summed E-state index contributed by atoms with van der Waals surface area (Å²) in [6.07, 6.45) is 0.423. The van der Waals surface area contributed by atoms with Crippen molar-refractivity contribution in [3.8, 4) is 0 Å². The van der Waals surface area contributed by atoms with Crippen LogP contribution in [0.2, 0.25) is 0 Å². The number of aromatic nitrogens is 2. The number of alkyl halides is 3. The summed E-state index contributed by atoms with van der Waals surface area (Å²) < 4.78 is 34.0. The van der Waals surface area contributed by atoms with Gasteiger partial charge in [-0.3, -0.25) is 9.69 Å². The zero-order valence-corrected chi connectivity index (χ0v) is 17.9. The maximum atomic E-state index is 12.9. The van der Waals surface area contributed by atoms with Crippen molar-refractivity contribution in [2.45, 2.75) is 52.0 Å². The Hall–Kier alpha value is -2.88. The minimum absolute atomic E-state index is 0.127. The van der Waals surface area contributed by atoms with Crippen LogP contribution in [0.15, 0.2) is 30.6 Å². The van der Waals surface area contributed by atoms with Crippen molar-refractivity contribution in [2.24, 2.45) is 0 Å². The number of amides is 1. The Bertz CT molecular complexity index is 935. The molecule has 0 aliphatic carbocycles. The number of fused-ring (bicyclic) bond motifs is 1. The van der Waals surface area contributed by atoms with Gasteiger partial charge in [-0.25, -0.2) is 9.78 Å². The first-order chi connectivity index (χ1) is 15.1. The number of carboxylic acids is 1. The molecule has 2 aliphatic heterocycles. The number of likely N-dealkylation sites (tertiary alicyclic amines) is 1. The zero-order chi connectivity index (χ0) is 23.3. The third-order valence-corrected chi connectivity index (χ3v) is 5.60. The average Bonchev–Trinajstić information content (AvgIpc) is 3.33. The second kappa shape index (κ2) is 10.2. The molecule has 32 heavy (non-hydrogen) atoms. The number of halogens is 3. The predicted molar refractivity (Wildman–Crippen MR) is 111 cm³/mol. The summed E-state index contributed by atoms with van der Waals surface area (Å²) in [5.74, 6) is -2.63. The van der Waals surface area contributed by atoms with Gasteiger partial charge in [-0.05, 0) is 51.4 Å². The number of nitrogens with zero attached hydrogens (tertiary/aromatic N) is 4. The fourth-order valence-corrected chi connectivity index (χ4v) is 3.85. The fourth-order valence-electron chi connectivity index (χ4n) is 3.85. The maximum absolute atomic E-state index is 12.9. The topological polar surface area (TPSA) is 78.7 Å². The van der Waals surface area contributed by atoms with E-state index in [1.54, 1.807) is 0 Å². The number of carboxylic acid groups (broad SMARTS) is 1. The van der Waals surface area contributed by atoms with E-state index in [0.29, 0.717) is 6.54 Å². The summed E-state index contributed by atoms with van der Waals surface area (Å²) in [5, 5.41) is 7.12. The Morgan fingerprint density at radius 3 is 2.25 bits per heavy atom. The van der Waals surface area contributed by atoms with E-state index in [0.717, 1.165) is 50.4 Å². The molecule has 7 nitrogen and oxygen atoms in total. The summed E-state index contributed by atoms with van der Waals surface area (Å²) >= 11 is 0. The van der Waals surface area contributed by atoms with E-state index >= 15 is 0 Å². The van der Waals surface area contributed by atoms with Gasteiger partial charge in [0.25, 0.3) is 5.91 Å². The van der Waals surface area contributed by atoms with Crippen molar-refractivity contribution >= 4 is 11.9 Å². The van der Waals surface area contributed by atoms with E-state index in [2.05, 4.69) is 14.5 Å². The van der Waals surface area contributed by atoms with Crippen LogP contribution in [0.25, 0.3) is 0 Å². The van der Waals surface area contributed by atoms with Gasteiger partial charge in [0.2, 0.25) is 0 Å². The lowest BCUT2D eigenvalue weighted by Crippen LogP contribution is -2.31. The molecule has 4 rings (SSSR count). The highest BCUT2D eigenvalue weighted by atomic mass is 19.4. The standard InChI is InChI=1S/C20H26N4O.C2HF3O2/c1-16-5-7-17(8-6-16)20(25)23-11-4-12-24-15-21-18(19(24)14-23)13-22-9-2-3-10-22;3-2(4,5)1(6)7/h5-8,15H,2-4,9-14H2,1H3;(H,6,7).